The molecule has 1 heterocycles. The number of nitrogens with zero attached hydrogens (tertiary/aromatic N) is 1. The number of para-hydroxylation sites is 1. The van der Waals surface area contributed by atoms with E-state index >= 15 is 0 Å². The van der Waals surface area contributed by atoms with Crippen molar-refractivity contribution in [3.8, 4) is 55.6 Å². The number of furan rings is 1. The maximum atomic E-state index is 6.76. The number of rotatable bonds is 6. The van der Waals surface area contributed by atoms with E-state index in [-0.39, 0.29) is 10.8 Å². The Hall–Kier alpha value is -7.94. The van der Waals surface area contributed by atoms with E-state index in [1.54, 1.807) is 0 Å². The first-order valence-electron chi connectivity index (χ1n) is 23.2. The third-order valence-corrected chi connectivity index (χ3v) is 14.9. The van der Waals surface area contributed by atoms with E-state index in [9.17, 15) is 0 Å². The van der Waals surface area contributed by atoms with Crippen LogP contribution in [0.25, 0.3) is 88.3 Å². The second-order valence-corrected chi connectivity index (χ2v) is 19.3. The summed E-state index contributed by atoms with van der Waals surface area (Å²) in [6.07, 6.45) is 0. The molecule has 0 unspecified atom stereocenters. The second kappa shape index (κ2) is 14.3. The Kier molecular flexibility index (Phi) is 8.33. The smallest absolute Gasteiger partial charge is 0.143 e. The van der Waals surface area contributed by atoms with Crippen LogP contribution >= 0.6 is 0 Å². The van der Waals surface area contributed by atoms with Crippen LogP contribution in [0.2, 0.25) is 0 Å². The maximum absolute atomic E-state index is 6.76. The monoisotopic (exact) mass is 845 g/mol. The van der Waals surface area contributed by atoms with Crippen LogP contribution in [0.5, 0.6) is 0 Å². The Morgan fingerprint density at radius 2 is 0.833 bits per heavy atom. The molecule has 2 nitrogen and oxygen atoms in total. The molecule has 13 rings (SSSR count). The minimum absolute atomic E-state index is 0.119. The van der Waals surface area contributed by atoms with E-state index in [0.29, 0.717) is 0 Å². The number of fused-ring (bicyclic) bond motifs is 10. The SMILES string of the molecule is CC1(C)c2ccccc2-c2ccc(N(c3ccc(-c4ccc(-c5cccc6c5oc5cc7ccccc7cc56)c(-c5ccccc5)c4)cc3)c3ccc4c(c3)C(C)(C)c3ccccc3-4)cc21. The lowest BCUT2D eigenvalue weighted by Gasteiger charge is -2.30. The molecule has 2 aliphatic rings. The fraction of sp³-hybridized carbons (Fsp3) is 0.0938. The van der Waals surface area contributed by atoms with E-state index < -0.39 is 0 Å². The van der Waals surface area contributed by atoms with E-state index in [4.69, 9.17) is 4.42 Å². The molecule has 10 aromatic carbocycles. The third-order valence-electron chi connectivity index (χ3n) is 14.9. The van der Waals surface area contributed by atoms with Crippen molar-refractivity contribution < 1.29 is 4.42 Å². The molecular formula is C64H47NO. The molecule has 2 aliphatic carbocycles. The van der Waals surface area contributed by atoms with Crippen molar-refractivity contribution in [3.05, 3.63) is 235 Å². The lowest BCUT2D eigenvalue weighted by molar-refractivity contribution is 0.660. The van der Waals surface area contributed by atoms with Crippen LogP contribution in [0.3, 0.4) is 0 Å². The van der Waals surface area contributed by atoms with Crippen molar-refractivity contribution in [1.29, 1.82) is 0 Å². The van der Waals surface area contributed by atoms with Gasteiger partial charge in [-0.2, -0.15) is 0 Å². The molecule has 0 bridgehead atoms. The van der Waals surface area contributed by atoms with Crippen molar-refractivity contribution in [2.75, 3.05) is 4.90 Å². The van der Waals surface area contributed by atoms with Gasteiger partial charge in [-0.05, 0) is 138 Å². The summed E-state index contributed by atoms with van der Waals surface area (Å²) < 4.78 is 6.76. The molecule has 0 saturated heterocycles. The standard InChI is InChI=1S/C64H47NO/c1-63(2)57-23-12-10-19-49(57)51-33-30-46(38-59(51)63)65(47-31-34-52-50-20-11-13-24-58(50)64(3,4)60(52)39-47)45-28-25-40(26-29-45)44-27-32-48(55(35-44)41-15-6-5-7-16-41)53-21-14-22-54-56-36-42-17-8-9-18-43(42)37-61(56)66-62(53)54/h5-39H,1-4H3. The quantitative estimate of drug-likeness (QED) is 0.166. The number of benzene rings is 10. The van der Waals surface area contributed by atoms with Gasteiger partial charge in [0.1, 0.15) is 11.2 Å². The first-order valence-corrected chi connectivity index (χ1v) is 23.2. The molecule has 314 valence electrons. The highest BCUT2D eigenvalue weighted by Gasteiger charge is 2.37. The van der Waals surface area contributed by atoms with Crippen LogP contribution < -0.4 is 4.90 Å². The summed E-state index contributed by atoms with van der Waals surface area (Å²) in [7, 11) is 0. The first-order chi connectivity index (χ1) is 32.2. The van der Waals surface area contributed by atoms with Gasteiger partial charge in [-0.3, -0.25) is 0 Å². The predicted molar refractivity (Wildman–Crippen MR) is 277 cm³/mol. The van der Waals surface area contributed by atoms with Gasteiger partial charge in [0.15, 0.2) is 0 Å². The average molecular weight is 846 g/mol. The summed E-state index contributed by atoms with van der Waals surface area (Å²) in [6.45, 7) is 9.46. The highest BCUT2D eigenvalue weighted by atomic mass is 16.3. The molecule has 1 aromatic heterocycles. The van der Waals surface area contributed by atoms with Crippen molar-refractivity contribution in [2.45, 2.75) is 38.5 Å². The normalized spacial score (nSPS) is 14.0. The fourth-order valence-electron chi connectivity index (χ4n) is 11.4. The van der Waals surface area contributed by atoms with E-state index in [1.165, 1.54) is 66.4 Å². The van der Waals surface area contributed by atoms with Gasteiger partial charge < -0.3 is 9.32 Å². The van der Waals surface area contributed by atoms with Crippen LogP contribution in [-0.2, 0) is 10.8 Å². The fourth-order valence-corrected chi connectivity index (χ4v) is 11.4. The second-order valence-electron chi connectivity index (χ2n) is 19.3. The number of hydrogen-bond acceptors (Lipinski definition) is 2. The molecular weight excluding hydrogens is 799 g/mol. The van der Waals surface area contributed by atoms with E-state index in [1.807, 2.05) is 0 Å². The van der Waals surface area contributed by atoms with Gasteiger partial charge in [0.2, 0.25) is 0 Å². The van der Waals surface area contributed by atoms with E-state index in [2.05, 4.69) is 245 Å². The zero-order valence-corrected chi connectivity index (χ0v) is 37.6. The van der Waals surface area contributed by atoms with Crippen molar-refractivity contribution in [2.24, 2.45) is 0 Å². The summed E-state index contributed by atoms with van der Waals surface area (Å²) in [5.74, 6) is 0. The highest BCUT2D eigenvalue weighted by molar-refractivity contribution is 6.14. The first kappa shape index (κ1) is 38.5. The van der Waals surface area contributed by atoms with Crippen LogP contribution in [0.4, 0.5) is 17.1 Å². The van der Waals surface area contributed by atoms with Gasteiger partial charge in [0, 0.05) is 44.2 Å². The van der Waals surface area contributed by atoms with Gasteiger partial charge in [0.25, 0.3) is 0 Å². The predicted octanol–water partition coefficient (Wildman–Crippen LogP) is 17.8. The zero-order chi connectivity index (χ0) is 44.3. The Morgan fingerprint density at radius 3 is 1.48 bits per heavy atom. The topological polar surface area (TPSA) is 16.4 Å². The molecule has 0 spiro atoms. The van der Waals surface area contributed by atoms with Crippen molar-refractivity contribution in [3.63, 3.8) is 0 Å². The largest absolute Gasteiger partial charge is 0.455 e. The molecule has 11 aromatic rings. The maximum Gasteiger partial charge on any atom is 0.143 e. The summed E-state index contributed by atoms with van der Waals surface area (Å²) in [5.41, 5.74) is 22.7. The molecule has 0 saturated carbocycles. The molecule has 0 aliphatic heterocycles. The highest BCUT2D eigenvalue weighted by Crippen LogP contribution is 2.53. The summed E-state index contributed by atoms with van der Waals surface area (Å²) in [5, 5.41) is 4.66. The lowest BCUT2D eigenvalue weighted by atomic mass is 9.82. The van der Waals surface area contributed by atoms with Crippen LogP contribution in [0.1, 0.15) is 49.9 Å². The third kappa shape index (κ3) is 5.74. The Balaban J connectivity index is 0.933. The lowest BCUT2D eigenvalue weighted by Crippen LogP contribution is -2.18. The zero-order valence-electron chi connectivity index (χ0n) is 37.6. The molecule has 0 atom stereocenters. The van der Waals surface area contributed by atoms with Gasteiger partial charge >= 0.3 is 0 Å². The molecule has 2 heteroatoms. The molecule has 0 radical (unpaired) electrons. The summed E-state index contributed by atoms with van der Waals surface area (Å²) in [6, 6.07) is 78.3. The van der Waals surface area contributed by atoms with Crippen LogP contribution in [0, 0.1) is 0 Å². The summed E-state index contributed by atoms with van der Waals surface area (Å²) in [4.78, 5) is 2.46. The minimum atomic E-state index is -0.119. The number of hydrogen-bond donors (Lipinski definition) is 0. The van der Waals surface area contributed by atoms with Gasteiger partial charge in [-0.1, -0.05) is 185 Å². The van der Waals surface area contributed by atoms with E-state index in [0.717, 1.165) is 61.3 Å². The minimum Gasteiger partial charge on any atom is -0.455 e. The average Bonchev–Trinajstić information content (AvgIpc) is 3.92. The molecule has 66 heavy (non-hydrogen) atoms. The van der Waals surface area contributed by atoms with Crippen LogP contribution in [0.15, 0.2) is 217 Å². The van der Waals surface area contributed by atoms with Crippen molar-refractivity contribution >= 4 is 49.8 Å². The van der Waals surface area contributed by atoms with Gasteiger partial charge in [-0.25, -0.2) is 0 Å². The van der Waals surface area contributed by atoms with Gasteiger partial charge in [-0.15, -0.1) is 0 Å². The van der Waals surface area contributed by atoms with Crippen molar-refractivity contribution in [1.82, 2.24) is 0 Å². The number of anilines is 3. The molecule has 0 fully saturated rings. The Labute approximate surface area is 386 Å². The Bertz CT molecular complexity index is 3650. The summed E-state index contributed by atoms with van der Waals surface area (Å²) >= 11 is 0. The van der Waals surface area contributed by atoms with Gasteiger partial charge in [0.05, 0.1) is 0 Å². The Morgan fingerprint density at radius 1 is 0.318 bits per heavy atom. The van der Waals surface area contributed by atoms with Crippen LogP contribution in [-0.4, -0.2) is 0 Å². The molecule has 0 N–H and O–H groups in total. The molecule has 0 amide bonds.